The van der Waals surface area contributed by atoms with Gasteiger partial charge in [-0.2, -0.15) is 0 Å². The molecule has 15 heteroatoms. The van der Waals surface area contributed by atoms with Crippen molar-refractivity contribution in [1.29, 1.82) is 0 Å². The molecule has 0 radical (unpaired) electrons. The van der Waals surface area contributed by atoms with Gasteiger partial charge in [0.15, 0.2) is 51.4 Å². The highest BCUT2D eigenvalue weighted by Gasteiger charge is 2.43. The van der Waals surface area contributed by atoms with Crippen LogP contribution in [0.5, 0.6) is 0 Å². The Bertz CT molecular complexity index is 642. The molecule has 224 valence electrons. The minimum atomic E-state index is -2.25. The van der Waals surface area contributed by atoms with Gasteiger partial charge in [-0.1, -0.05) is 0 Å². The van der Waals surface area contributed by atoms with Crippen molar-refractivity contribution in [2.45, 2.75) is 142 Å². The Kier molecular flexibility index (Phi) is 14.9. The first-order valence-electron chi connectivity index (χ1n) is 14.2. The summed E-state index contributed by atoms with van der Waals surface area (Å²) in [5.74, 6) is 0. The Morgan fingerprint density at radius 1 is 0.351 bits per heavy atom. The van der Waals surface area contributed by atoms with Gasteiger partial charge in [0.1, 0.15) is 0 Å². The fourth-order valence-corrected chi connectivity index (χ4v) is 48.7. The second kappa shape index (κ2) is 14.3. The molecule has 0 rings (SSSR count). The van der Waals surface area contributed by atoms with Crippen LogP contribution in [-0.4, -0.2) is 77.0 Å². The Morgan fingerprint density at radius 3 is 0.730 bits per heavy atom. The lowest BCUT2D eigenvalue weighted by molar-refractivity contribution is 0.383. The molecular weight excluding hydrogens is 613 g/mol. The molecule has 0 heterocycles. The quantitative estimate of drug-likeness (QED) is 0.137. The highest BCUT2D eigenvalue weighted by Crippen LogP contribution is 2.31. The average Bonchev–Trinajstić information content (AvgIpc) is 2.52. The summed E-state index contributed by atoms with van der Waals surface area (Å²) in [5, 5.41) is 0. The summed E-state index contributed by atoms with van der Waals surface area (Å²) in [6.45, 7) is 41.1. The lowest BCUT2D eigenvalue weighted by Crippen LogP contribution is -2.54. The molecule has 6 nitrogen and oxygen atoms in total. The van der Waals surface area contributed by atoms with Crippen LogP contribution in [0.3, 0.4) is 0 Å². The lowest BCUT2D eigenvalue weighted by Gasteiger charge is -2.41. The van der Waals surface area contributed by atoms with Crippen molar-refractivity contribution in [2.24, 2.45) is 0 Å². The number of hydrogen-bond acceptors (Lipinski definition) is 6. The van der Waals surface area contributed by atoms with E-state index in [1.54, 1.807) is 0 Å². The van der Waals surface area contributed by atoms with Gasteiger partial charge in [0, 0.05) is 0 Å². The van der Waals surface area contributed by atoms with Crippen LogP contribution in [0.15, 0.2) is 0 Å². The minimum absolute atomic E-state index is 1.09. The summed E-state index contributed by atoms with van der Waals surface area (Å²) in [7, 11) is -16.0. The number of rotatable bonds is 18. The monoisotopic (exact) mass is 676 g/mol. The van der Waals surface area contributed by atoms with Crippen LogP contribution in [-0.2, 0) is 24.7 Å². The van der Waals surface area contributed by atoms with Crippen LogP contribution in [0, 0.1) is 0 Å². The van der Waals surface area contributed by atoms with Crippen molar-refractivity contribution >= 4 is 77.0 Å². The van der Waals surface area contributed by atoms with E-state index in [1.165, 1.54) is 0 Å². The largest absolute Gasteiger partial charge is 0.440 e. The molecule has 0 saturated heterocycles. The highest BCUT2D eigenvalue weighted by atomic mass is 28.5. The molecule has 0 aromatic heterocycles. The maximum Gasteiger partial charge on any atom is 0.311 e. The molecule has 0 unspecified atom stereocenters. The smallest absolute Gasteiger partial charge is 0.311 e. The summed E-state index contributed by atoms with van der Waals surface area (Å²) in [6, 6.07) is 4.47. The van der Waals surface area contributed by atoms with Gasteiger partial charge >= 0.3 is 25.7 Å². The number of hydrogen-bond donors (Lipinski definition) is 0. The third kappa shape index (κ3) is 19.5. The molecule has 0 amide bonds. The van der Waals surface area contributed by atoms with Gasteiger partial charge in [-0.3, -0.25) is 0 Å². The molecule has 0 aliphatic rings. The fraction of sp³-hybridized carbons (Fsp3) is 1.00. The van der Waals surface area contributed by atoms with Gasteiger partial charge in [0.05, 0.1) is 0 Å². The molecule has 37 heavy (non-hydrogen) atoms. The van der Waals surface area contributed by atoms with E-state index in [4.69, 9.17) is 24.7 Å². The van der Waals surface area contributed by atoms with E-state index >= 15 is 0 Å². The zero-order chi connectivity index (χ0) is 29.7. The van der Waals surface area contributed by atoms with Gasteiger partial charge in [0.2, 0.25) is 0 Å². The second-order valence-corrected chi connectivity index (χ2v) is 48.8. The Balaban J connectivity index is 5.03. The molecule has 0 atom stereocenters. The average molecular weight is 678 g/mol. The molecule has 0 aliphatic heterocycles. The van der Waals surface area contributed by atoms with Gasteiger partial charge in [-0.25, -0.2) is 0 Å². The Hall–Kier alpha value is 1.71. The van der Waals surface area contributed by atoms with E-state index in [1.807, 2.05) is 0 Å². The van der Waals surface area contributed by atoms with Crippen LogP contribution in [0.4, 0.5) is 0 Å². The maximum atomic E-state index is 6.92. The zero-order valence-electron chi connectivity index (χ0n) is 27.9. The predicted molar refractivity (Wildman–Crippen MR) is 186 cm³/mol. The molecule has 0 saturated carbocycles. The second-order valence-electron chi connectivity index (χ2n) is 15.0. The first-order valence-corrected chi connectivity index (χ1v) is 40.7. The molecule has 0 aromatic rings. The van der Waals surface area contributed by atoms with E-state index in [2.05, 4.69) is 118 Å². The fourth-order valence-electron chi connectivity index (χ4n) is 5.27. The van der Waals surface area contributed by atoms with Crippen molar-refractivity contribution < 1.29 is 24.7 Å². The van der Waals surface area contributed by atoms with Gasteiger partial charge in [-0.05, 0) is 142 Å². The Labute approximate surface area is 242 Å². The van der Waals surface area contributed by atoms with Crippen molar-refractivity contribution in [2.75, 3.05) is 0 Å². The summed E-state index contributed by atoms with van der Waals surface area (Å²) < 4.78 is 39.8. The predicted octanol–water partition coefficient (Wildman–Crippen LogP) is 7.98. The standard InChI is InChI=1S/C22H64O6Si9/c1-29(2)23-35(13,14)25-31(5,6)19-21-33(9,10)27-37(17,18)28-34(11,12)22-20-32(7,8)26-36(15,16)24-30(3)4/h29-30H,19-22H2,1-18H3. The normalized spacial score (nSPS) is 15.2. The van der Waals surface area contributed by atoms with Crippen molar-refractivity contribution in [3.05, 3.63) is 0 Å². The van der Waals surface area contributed by atoms with E-state index in [-0.39, 0.29) is 0 Å². The first-order chi connectivity index (χ1) is 16.1. The maximum absolute atomic E-state index is 6.92. The summed E-state index contributed by atoms with van der Waals surface area (Å²) in [4.78, 5) is 0. The molecular formula is C22H64O6Si9. The van der Waals surface area contributed by atoms with Crippen LogP contribution in [0.1, 0.15) is 0 Å². The molecule has 0 spiro atoms. The van der Waals surface area contributed by atoms with Crippen molar-refractivity contribution in [3.8, 4) is 0 Å². The summed E-state index contributed by atoms with van der Waals surface area (Å²) >= 11 is 0. The van der Waals surface area contributed by atoms with Gasteiger partial charge in [-0.15, -0.1) is 0 Å². The van der Waals surface area contributed by atoms with E-state index in [0.29, 0.717) is 0 Å². The first kappa shape index (κ1) is 38.7. The molecule has 0 fully saturated rings. The van der Waals surface area contributed by atoms with E-state index in [9.17, 15) is 0 Å². The van der Waals surface area contributed by atoms with Crippen LogP contribution in [0.25, 0.3) is 0 Å². The molecule has 0 aromatic carbocycles. The topological polar surface area (TPSA) is 55.4 Å². The summed E-state index contributed by atoms with van der Waals surface area (Å²) in [5.41, 5.74) is 0. The third-order valence-corrected chi connectivity index (χ3v) is 37.6. The third-order valence-electron chi connectivity index (χ3n) is 5.79. The Morgan fingerprint density at radius 2 is 0.541 bits per heavy atom. The lowest BCUT2D eigenvalue weighted by atomic mass is 10.9. The SMILES string of the molecule is C[SiH](C)O[Si](C)(C)O[Si](C)(C)CC[Si](C)(C)O[Si](C)(C)O[Si](C)(C)CC[Si](C)(C)O[Si](C)(C)O[SiH](C)C. The van der Waals surface area contributed by atoms with Crippen LogP contribution >= 0.6 is 0 Å². The summed E-state index contributed by atoms with van der Waals surface area (Å²) in [6.07, 6.45) is 0. The molecule has 0 N–H and O–H groups in total. The van der Waals surface area contributed by atoms with Crippen molar-refractivity contribution in [1.82, 2.24) is 0 Å². The van der Waals surface area contributed by atoms with Crippen LogP contribution < -0.4 is 0 Å². The molecule has 0 aliphatic carbocycles. The van der Waals surface area contributed by atoms with E-state index in [0.717, 1.165) is 24.2 Å². The molecule has 0 bridgehead atoms. The van der Waals surface area contributed by atoms with Crippen molar-refractivity contribution in [3.63, 3.8) is 0 Å². The van der Waals surface area contributed by atoms with E-state index < -0.39 is 77.0 Å². The minimum Gasteiger partial charge on any atom is -0.440 e. The highest BCUT2D eigenvalue weighted by molar-refractivity contribution is 6.90. The van der Waals surface area contributed by atoms with Crippen LogP contribution in [0.2, 0.25) is 142 Å². The zero-order valence-corrected chi connectivity index (χ0v) is 37.2. The van der Waals surface area contributed by atoms with Gasteiger partial charge in [0.25, 0.3) is 0 Å². The van der Waals surface area contributed by atoms with Gasteiger partial charge < -0.3 is 24.7 Å².